The average Bonchev–Trinajstić information content (AvgIpc) is 2.69. The molecule has 1 aliphatic heterocycles. The van der Waals surface area contributed by atoms with E-state index in [2.05, 4.69) is 10.6 Å². The average molecular weight is 380 g/mol. The fraction of sp³-hybridized carbons (Fsp3) is 0.391. The van der Waals surface area contributed by atoms with Crippen LogP contribution in [-0.4, -0.2) is 29.9 Å². The molecule has 0 aromatic heterocycles. The van der Waals surface area contributed by atoms with Crippen LogP contribution in [0, 0.1) is 19.3 Å². The van der Waals surface area contributed by atoms with Crippen LogP contribution in [0.5, 0.6) is 0 Å². The standard InChI is InChI=1S/C23H29N3O2/c1-17-10-11-20(18(2)14-17)25-22(28)26-13-7-12-23(3,16-26)21(27)24-15-19-8-5-4-6-9-19/h4-6,8-11,14H,7,12-13,15-16H2,1-3H3,(H,24,27)(H,25,28)/t23-/m1/s1. The topological polar surface area (TPSA) is 61.4 Å². The third-order valence-electron chi connectivity index (χ3n) is 5.45. The summed E-state index contributed by atoms with van der Waals surface area (Å²) < 4.78 is 0. The number of hydrogen-bond donors (Lipinski definition) is 2. The van der Waals surface area contributed by atoms with Crippen LogP contribution < -0.4 is 10.6 Å². The molecule has 1 saturated heterocycles. The second-order valence-electron chi connectivity index (χ2n) is 8.00. The lowest BCUT2D eigenvalue weighted by molar-refractivity contribution is -0.132. The van der Waals surface area contributed by atoms with Gasteiger partial charge < -0.3 is 15.5 Å². The number of nitrogens with one attached hydrogen (secondary N) is 2. The number of anilines is 1. The summed E-state index contributed by atoms with van der Waals surface area (Å²) in [5, 5.41) is 6.03. The Morgan fingerprint density at radius 2 is 1.86 bits per heavy atom. The molecule has 0 aliphatic carbocycles. The van der Waals surface area contributed by atoms with Crippen LogP contribution in [0.4, 0.5) is 10.5 Å². The van der Waals surface area contributed by atoms with E-state index in [0.717, 1.165) is 35.2 Å². The second-order valence-corrected chi connectivity index (χ2v) is 8.00. The highest BCUT2D eigenvalue weighted by atomic mass is 16.2. The number of amides is 3. The molecule has 1 fully saturated rings. The number of hydrogen-bond acceptors (Lipinski definition) is 2. The van der Waals surface area contributed by atoms with Gasteiger partial charge in [0.1, 0.15) is 0 Å². The van der Waals surface area contributed by atoms with Gasteiger partial charge in [0.05, 0.1) is 5.41 Å². The predicted molar refractivity (Wildman–Crippen MR) is 112 cm³/mol. The first-order valence-corrected chi connectivity index (χ1v) is 9.83. The van der Waals surface area contributed by atoms with E-state index in [9.17, 15) is 9.59 Å². The minimum absolute atomic E-state index is 0.000342. The van der Waals surface area contributed by atoms with E-state index < -0.39 is 5.41 Å². The van der Waals surface area contributed by atoms with Crippen LogP contribution in [-0.2, 0) is 11.3 Å². The van der Waals surface area contributed by atoms with Crippen molar-refractivity contribution in [3.63, 3.8) is 0 Å². The van der Waals surface area contributed by atoms with Crippen molar-refractivity contribution in [2.75, 3.05) is 18.4 Å². The Labute approximate surface area is 167 Å². The fourth-order valence-corrected chi connectivity index (χ4v) is 3.74. The maximum absolute atomic E-state index is 12.8. The number of likely N-dealkylation sites (tertiary alicyclic amines) is 1. The molecule has 0 unspecified atom stereocenters. The first-order valence-electron chi connectivity index (χ1n) is 9.83. The second kappa shape index (κ2) is 8.46. The number of nitrogens with zero attached hydrogens (tertiary/aromatic N) is 1. The zero-order valence-corrected chi connectivity index (χ0v) is 16.9. The molecule has 0 radical (unpaired) electrons. The maximum Gasteiger partial charge on any atom is 0.321 e. The first kappa shape index (κ1) is 19.9. The highest BCUT2D eigenvalue weighted by Gasteiger charge is 2.39. The van der Waals surface area contributed by atoms with E-state index in [1.807, 2.05) is 69.3 Å². The fourth-order valence-electron chi connectivity index (χ4n) is 3.74. The SMILES string of the molecule is Cc1ccc(NC(=O)N2CCC[C@@](C)(C(=O)NCc3ccccc3)C2)c(C)c1. The highest BCUT2D eigenvalue weighted by molar-refractivity contribution is 5.91. The summed E-state index contributed by atoms with van der Waals surface area (Å²) in [6.45, 7) is 7.55. The Hall–Kier alpha value is -2.82. The number of rotatable bonds is 4. The maximum atomic E-state index is 12.8. The van der Waals surface area contributed by atoms with Crippen molar-refractivity contribution in [2.45, 2.75) is 40.2 Å². The van der Waals surface area contributed by atoms with E-state index in [-0.39, 0.29) is 11.9 Å². The lowest BCUT2D eigenvalue weighted by Gasteiger charge is -2.39. The van der Waals surface area contributed by atoms with Crippen molar-refractivity contribution in [3.8, 4) is 0 Å². The lowest BCUT2D eigenvalue weighted by atomic mass is 9.81. The van der Waals surface area contributed by atoms with Gasteiger partial charge in [-0.3, -0.25) is 4.79 Å². The molecule has 1 heterocycles. The van der Waals surface area contributed by atoms with Gasteiger partial charge in [-0.25, -0.2) is 4.79 Å². The van der Waals surface area contributed by atoms with E-state index in [0.29, 0.717) is 19.6 Å². The molecule has 3 amide bonds. The molecular weight excluding hydrogens is 350 g/mol. The molecule has 0 saturated carbocycles. The van der Waals surface area contributed by atoms with Crippen molar-refractivity contribution in [1.82, 2.24) is 10.2 Å². The minimum atomic E-state index is -0.577. The van der Waals surface area contributed by atoms with Gasteiger partial charge in [-0.1, -0.05) is 48.0 Å². The summed E-state index contributed by atoms with van der Waals surface area (Å²) in [6, 6.07) is 15.7. The number of aryl methyl sites for hydroxylation is 2. The molecule has 0 bridgehead atoms. The molecule has 1 atom stereocenters. The van der Waals surface area contributed by atoms with Gasteiger partial charge in [0.2, 0.25) is 5.91 Å². The zero-order valence-electron chi connectivity index (χ0n) is 16.9. The number of piperidine rings is 1. The Morgan fingerprint density at radius 3 is 2.57 bits per heavy atom. The number of carbonyl (C=O) groups excluding carboxylic acids is 2. The summed E-state index contributed by atoms with van der Waals surface area (Å²) in [6.07, 6.45) is 1.59. The van der Waals surface area contributed by atoms with E-state index in [1.54, 1.807) is 4.90 Å². The van der Waals surface area contributed by atoms with Gasteiger partial charge in [0.25, 0.3) is 0 Å². The van der Waals surface area contributed by atoms with Crippen LogP contribution in [0.1, 0.15) is 36.5 Å². The summed E-state index contributed by atoms with van der Waals surface area (Å²) in [4.78, 5) is 27.4. The largest absolute Gasteiger partial charge is 0.351 e. The van der Waals surface area contributed by atoms with E-state index in [4.69, 9.17) is 0 Å². The van der Waals surface area contributed by atoms with Gasteiger partial charge in [-0.2, -0.15) is 0 Å². The summed E-state index contributed by atoms with van der Waals surface area (Å²) in [5.41, 5.74) is 3.51. The molecule has 0 spiro atoms. The van der Waals surface area contributed by atoms with Gasteiger partial charge in [0, 0.05) is 25.3 Å². The molecule has 2 aromatic carbocycles. The van der Waals surface area contributed by atoms with Crippen LogP contribution in [0.3, 0.4) is 0 Å². The third-order valence-corrected chi connectivity index (χ3v) is 5.45. The highest BCUT2D eigenvalue weighted by Crippen LogP contribution is 2.30. The van der Waals surface area contributed by atoms with Crippen molar-refractivity contribution < 1.29 is 9.59 Å². The van der Waals surface area contributed by atoms with E-state index in [1.165, 1.54) is 0 Å². The first-order chi connectivity index (χ1) is 13.4. The summed E-state index contributed by atoms with van der Waals surface area (Å²) >= 11 is 0. The predicted octanol–water partition coefficient (Wildman–Crippen LogP) is 4.25. The van der Waals surface area contributed by atoms with Crippen molar-refractivity contribution >= 4 is 17.6 Å². The van der Waals surface area contributed by atoms with Gasteiger partial charge in [-0.05, 0) is 50.8 Å². The number of benzene rings is 2. The number of carbonyl (C=O) groups is 2. The molecule has 3 rings (SSSR count). The molecular formula is C23H29N3O2. The quantitative estimate of drug-likeness (QED) is 0.834. The summed E-state index contributed by atoms with van der Waals surface area (Å²) in [7, 11) is 0. The van der Waals surface area contributed by atoms with Crippen molar-refractivity contribution in [2.24, 2.45) is 5.41 Å². The van der Waals surface area contributed by atoms with Crippen LogP contribution >= 0.6 is 0 Å². The molecule has 148 valence electrons. The minimum Gasteiger partial charge on any atom is -0.351 e. The monoisotopic (exact) mass is 379 g/mol. The molecule has 5 heteroatoms. The smallest absolute Gasteiger partial charge is 0.321 e. The molecule has 28 heavy (non-hydrogen) atoms. The Morgan fingerprint density at radius 1 is 1.11 bits per heavy atom. The van der Waals surface area contributed by atoms with Gasteiger partial charge in [-0.15, -0.1) is 0 Å². The van der Waals surface area contributed by atoms with Crippen molar-refractivity contribution in [3.05, 3.63) is 65.2 Å². The Balaban J connectivity index is 1.61. The van der Waals surface area contributed by atoms with E-state index >= 15 is 0 Å². The molecule has 1 aliphatic rings. The van der Waals surface area contributed by atoms with Crippen LogP contribution in [0.15, 0.2) is 48.5 Å². The third kappa shape index (κ3) is 4.71. The van der Waals surface area contributed by atoms with Gasteiger partial charge in [0.15, 0.2) is 0 Å². The molecule has 2 aromatic rings. The molecule has 5 nitrogen and oxygen atoms in total. The summed E-state index contributed by atoms with van der Waals surface area (Å²) in [5.74, 6) is 0.000342. The van der Waals surface area contributed by atoms with Crippen molar-refractivity contribution in [1.29, 1.82) is 0 Å². The normalized spacial score (nSPS) is 19.2. The Kier molecular flexibility index (Phi) is 6.02. The Bertz CT molecular complexity index is 850. The van der Waals surface area contributed by atoms with Crippen LogP contribution in [0.25, 0.3) is 0 Å². The lowest BCUT2D eigenvalue weighted by Crippen LogP contribution is -2.52. The van der Waals surface area contributed by atoms with Gasteiger partial charge >= 0.3 is 6.03 Å². The van der Waals surface area contributed by atoms with Crippen LogP contribution in [0.2, 0.25) is 0 Å². The zero-order chi connectivity index (χ0) is 20.1. The molecule has 2 N–H and O–H groups in total. The number of urea groups is 1.